The van der Waals surface area contributed by atoms with E-state index in [4.69, 9.17) is 0 Å². The molecular formula is C63H59N. The Morgan fingerprint density at radius 3 is 1.75 bits per heavy atom. The van der Waals surface area contributed by atoms with E-state index in [1.165, 1.54) is 132 Å². The van der Waals surface area contributed by atoms with Crippen molar-refractivity contribution in [2.45, 2.75) is 88.4 Å². The van der Waals surface area contributed by atoms with Crippen LogP contribution in [0.4, 0.5) is 17.1 Å². The van der Waals surface area contributed by atoms with Crippen LogP contribution in [0.1, 0.15) is 99.8 Å². The van der Waals surface area contributed by atoms with Gasteiger partial charge in [0.2, 0.25) is 0 Å². The van der Waals surface area contributed by atoms with Crippen LogP contribution in [0.15, 0.2) is 164 Å². The van der Waals surface area contributed by atoms with Gasteiger partial charge in [-0.2, -0.15) is 0 Å². The van der Waals surface area contributed by atoms with E-state index in [9.17, 15) is 0 Å². The topological polar surface area (TPSA) is 3.24 Å². The molecule has 6 saturated carbocycles. The molecule has 8 aliphatic rings. The van der Waals surface area contributed by atoms with E-state index < -0.39 is 0 Å². The fourth-order valence-electron chi connectivity index (χ4n) is 16.9. The Morgan fingerprint density at radius 2 is 1.03 bits per heavy atom. The maximum absolute atomic E-state index is 2.69. The van der Waals surface area contributed by atoms with Crippen LogP contribution in [-0.2, 0) is 10.8 Å². The highest BCUT2D eigenvalue weighted by atomic mass is 15.1. The lowest BCUT2D eigenvalue weighted by molar-refractivity contribution is -0.0399. The van der Waals surface area contributed by atoms with E-state index in [2.05, 4.69) is 176 Å². The molecule has 6 bridgehead atoms. The lowest BCUT2D eigenvalue weighted by atomic mass is 9.43. The maximum Gasteiger partial charge on any atom is 0.0543 e. The summed E-state index contributed by atoms with van der Waals surface area (Å²) in [4.78, 5) is 2.69. The summed E-state index contributed by atoms with van der Waals surface area (Å²) >= 11 is 0. The van der Waals surface area contributed by atoms with Crippen molar-refractivity contribution in [2.75, 3.05) is 4.90 Å². The molecule has 7 aromatic carbocycles. The average Bonchev–Trinajstić information content (AvgIpc) is 3.81. The molecular weight excluding hydrogens is 771 g/mol. The molecule has 0 aliphatic heterocycles. The Labute approximate surface area is 380 Å². The van der Waals surface area contributed by atoms with E-state index in [1.807, 2.05) is 0 Å². The molecule has 0 saturated heterocycles. The third-order valence-electron chi connectivity index (χ3n) is 18.8. The van der Waals surface area contributed by atoms with E-state index in [-0.39, 0.29) is 10.8 Å². The summed E-state index contributed by atoms with van der Waals surface area (Å²) in [6.07, 6.45) is 15.1. The number of benzene rings is 7. The average molecular weight is 830 g/mol. The third kappa shape index (κ3) is 5.08. The van der Waals surface area contributed by atoms with E-state index in [0.29, 0.717) is 11.8 Å². The quantitative estimate of drug-likeness (QED) is 0.161. The molecule has 0 heterocycles. The highest BCUT2D eigenvalue weighted by molar-refractivity contribution is 5.99. The number of fused-ring (bicyclic) bond motifs is 11. The molecule has 316 valence electrons. The predicted molar refractivity (Wildman–Crippen MR) is 265 cm³/mol. The van der Waals surface area contributed by atoms with Crippen LogP contribution in [0.2, 0.25) is 0 Å². The summed E-state index contributed by atoms with van der Waals surface area (Å²) in [5.41, 5.74) is 21.5. The Kier molecular flexibility index (Phi) is 8.34. The van der Waals surface area contributed by atoms with Crippen molar-refractivity contribution in [3.8, 4) is 44.5 Å². The highest BCUT2D eigenvalue weighted by Crippen LogP contribution is 2.71. The molecule has 1 heteroatoms. The molecule has 8 aliphatic carbocycles. The second-order valence-corrected chi connectivity index (χ2v) is 21.4. The second-order valence-electron chi connectivity index (χ2n) is 21.4. The fraction of sp³-hybridized carbons (Fsp3) is 0.333. The number of rotatable bonds is 6. The molecule has 4 unspecified atom stereocenters. The minimum Gasteiger partial charge on any atom is -0.310 e. The van der Waals surface area contributed by atoms with E-state index >= 15 is 0 Å². The van der Waals surface area contributed by atoms with Crippen LogP contribution in [0.3, 0.4) is 0 Å². The molecule has 0 aromatic heterocycles. The molecule has 6 fully saturated rings. The van der Waals surface area contributed by atoms with Crippen LogP contribution in [0, 0.1) is 41.4 Å². The Hall–Kier alpha value is -5.66. The van der Waals surface area contributed by atoms with Crippen molar-refractivity contribution >= 4 is 17.1 Å². The van der Waals surface area contributed by atoms with Gasteiger partial charge in [0.05, 0.1) is 5.69 Å². The van der Waals surface area contributed by atoms with Gasteiger partial charge in [0.15, 0.2) is 0 Å². The van der Waals surface area contributed by atoms with Gasteiger partial charge < -0.3 is 4.90 Å². The molecule has 15 rings (SSSR count). The number of anilines is 3. The smallest absolute Gasteiger partial charge is 0.0543 e. The van der Waals surface area contributed by atoms with Crippen molar-refractivity contribution in [3.63, 3.8) is 0 Å². The predicted octanol–water partition coefficient (Wildman–Crippen LogP) is 16.7. The summed E-state index contributed by atoms with van der Waals surface area (Å²) in [5.74, 6) is 5.42. The van der Waals surface area contributed by atoms with Crippen LogP contribution >= 0.6 is 0 Å². The highest BCUT2D eigenvalue weighted by Gasteiger charge is 2.62. The van der Waals surface area contributed by atoms with Crippen molar-refractivity contribution in [1.29, 1.82) is 0 Å². The summed E-state index contributed by atoms with van der Waals surface area (Å²) in [7, 11) is 0. The SMILES string of the molecule is CCC1CC2CCCC(C2)C12c1ccccc1-c1cc(N(c3ccc(-c4ccccc4)cc3)c3cccc4c3-c3ccccc3C43C4CC5CC(C4)CC3C5)cc(-c3ccccc3)c12. The standard InChI is InChI=1S/C63H59N/c1-2-46-32-40-15-13-20-47(33-40)63(46)56-23-11-9-21-52(56)55-39-51(38-54(61(55)63)45-18-7-4-8-19-45)64(50-29-27-44(28-30-50)43-16-5-3-6-17-43)59-26-14-25-58-60(59)53-22-10-12-24-57(53)62(58)48-34-41-31-42(36-48)37-49(62)35-41/h3-12,14,16-19,21-30,38-42,46-49H,2,13,15,20,31-37H2,1H3. The largest absolute Gasteiger partial charge is 0.310 e. The van der Waals surface area contributed by atoms with Crippen LogP contribution in [0.25, 0.3) is 44.5 Å². The second kappa shape index (κ2) is 14.2. The Morgan fingerprint density at radius 1 is 0.438 bits per heavy atom. The van der Waals surface area contributed by atoms with Gasteiger partial charge in [0, 0.05) is 27.8 Å². The van der Waals surface area contributed by atoms with Gasteiger partial charge in [-0.1, -0.05) is 160 Å². The molecule has 64 heavy (non-hydrogen) atoms. The summed E-state index contributed by atoms with van der Waals surface area (Å²) in [6.45, 7) is 2.50. The zero-order valence-corrected chi connectivity index (χ0v) is 37.4. The number of hydrogen-bond acceptors (Lipinski definition) is 1. The van der Waals surface area contributed by atoms with Crippen LogP contribution in [-0.4, -0.2) is 0 Å². The van der Waals surface area contributed by atoms with Gasteiger partial charge in [0.1, 0.15) is 0 Å². The first-order valence-corrected chi connectivity index (χ1v) is 25.2. The summed E-state index contributed by atoms with van der Waals surface area (Å²) < 4.78 is 0. The first-order valence-electron chi connectivity index (χ1n) is 25.2. The lowest BCUT2D eigenvalue weighted by Crippen LogP contribution is -2.55. The molecule has 7 aromatic rings. The van der Waals surface area contributed by atoms with E-state index in [1.54, 1.807) is 22.3 Å². The van der Waals surface area contributed by atoms with Crippen molar-refractivity contribution in [2.24, 2.45) is 41.4 Å². The van der Waals surface area contributed by atoms with Crippen molar-refractivity contribution < 1.29 is 0 Å². The van der Waals surface area contributed by atoms with Gasteiger partial charge >= 0.3 is 0 Å². The van der Waals surface area contributed by atoms with Gasteiger partial charge in [-0.05, 0) is 184 Å². The zero-order valence-electron chi connectivity index (χ0n) is 37.4. The molecule has 0 N–H and O–H groups in total. The number of nitrogens with zero attached hydrogens (tertiary/aromatic N) is 1. The Bertz CT molecular complexity index is 2910. The molecule has 0 radical (unpaired) electrons. The summed E-state index contributed by atoms with van der Waals surface area (Å²) in [5, 5.41) is 0. The zero-order chi connectivity index (χ0) is 42.1. The first kappa shape index (κ1) is 37.7. The maximum atomic E-state index is 2.69. The monoisotopic (exact) mass is 829 g/mol. The third-order valence-corrected chi connectivity index (χ3v) is 18.8. The van der Waals surface area contributed by atoms with Gasteiger partial charge in [-0.3, -0.25) is 0 Å². The summed E-state index contributed by atoms with van der Waals surface area (Å²) in [6, 6.07) is 64.1. The minimum absolute atomic E-state index is 0.0161. The molecule has 1 nitrogen and oxygen atoms in total. The van der Waals surface area contributed by atoms with Crippen molar-refractivity contribution in [3.05, 3.63) is 186 Å². The lowest BCUT2D eigenvalue weighted by Gasteiger charge is -2.61. The minimum atomic E-state index is 0.0161. The fourth-order valence-corrected chi connectivity index (χ4v) is 16.9. The molecule has 2 spiro atoms. The van der Waals surface area contributed by atoms with Crippen LogP contribution < -0.4 is 4.90 Å². The molecule has 4 atom stereocenters. The van der Waals surface area contributed by atoms with Gasteiger partial charge in [-0.15, -0.1) is 0 Å². The Balaban J connectivity index is 1.05. The van der Waals surface area contributed by atoms with Crippen molar-refractivity contribution in [1.82, 2.24) is 0 Å². The number of hydrogen-bond donors (Lipinski definition) is 0. The molecule has 0 amide bonds. The first-order chi connectivity index (χ1) is 31.6. The normalized spacial score (nSPS) is 29.7. The van der Waals surface area contributed by atoms with E-state index in [0.717, 1.165) is 29.6 Å². The van der Waals surface area contributed by atoms with Crippen LogP contribution in [0.5, 0.6) is 0 Å². The van der Waals surface area contributed by atoms with Gasteiger partial charge in [-0.25, -0.2) is 0 Å². The van der Waals surface area contributed by atoms with Gasteiger partial charge in [0.25, 0.3) is 0 Å².